The van der Waals surface area contributed by atoms with Crippen LogP contribution in [0.4, 0.5) is 5.69 Å². The Balaban J connectivity index is 1.62. The predicted octanol–water partition coefficient (Wildman–Crippen LogP) is 1.79. The second kappa shape index (κ2) is 7.30. The van der Waals surface area contributed by atoms with Gasteiger partial charge in [-0.1, -0.05) is 53.5 Å². The summed E-state index contributed by atoms with van der Waals surface area (Å²) >= 11 is 12.5. The summed E-state index contributed by atoms with van der Waals surface area (Å²) in [6, 6.07) is 11.1. The number of nitrogens with two attached hydrogens (primary N) is 1. The van der Waals surface area contributed by atoms with Crippen LogP contribution >= 0.6 is 23.2 Å². The molecular weight excluding hydrogens is 455 g/mol. The van der Waals surface area contributed by atoms with Gasteiger partial charge in [-0.25, -0.2) is 0 Å². The van der Waals surface area contributed by atoms with Gasteiger partial charge in [-0.2, -0.15) is 0 Å². The van der Waals surface area contributed by atoms with E-state index in [0.29, 0.717) is 26.9 Å². The van der Waals surface area contributed by atoms with E-state index in [1.54, 1.807) is 42.5 Å². The van der Waals surface area contributed by atoms with Gasteiger partial charge in [0.15, 0.2) is 0 Å². The average Bonchev–Trinajstić information content (AvgIpc) is 3.31. The van der Waals surface area contributed by atoms with Gasteiger partial charge >= 0.3 is 0 Å². The van der Waals surface area contributed by atoms with Crippen molar-refractivity contribution in [3.8, 4) is 0 Å². The van der Waals surface area contributed by atoms with E-state index in [-0.39, 0.29) is 13.0 Å². The molecule has 3 aliphatic heterocycles. The van der Waals surface area contributed by atoms with Crippen LogP contribution in [0.2, 0.25) is 10.0 Å². The third kappa shape index (κ3) is 2.80. The second-order valence-electron chi connectivity index (χ2n) is 8.20. The summed E-state index contributed by atoms with van der Waals surface area (Å²) in [4.78, 5) is 53.3. The highest BCUT2D eigenvalue weighted by Gasteiger charge is 2.70. The molecule has 2 aromatic carbocycles. The van der Waals surface area contributed by atoms with Crippen molar-refractivity contribution in [1.29, 1.82) is 0 Å². The molecule has 4 atom stereocenters. The Labute approximate surface area is 193 Å². The second-order valence-corrected chi connectivity index (χ2v) is 9.02. The summed E-state index contributed by atoms with van der Waals surface area (Å²) in [5.41, 5.74) is 5.35. The molecule has 32 heavy (non-hydrogen) atoms. The minimum atomic E-state index is -1.53. The van der Waals surface area contributed by atoms with Crippen molar-refractivity contribution < 1.29 is 19.2 Å². The maximum atomic E-state index is 13.6. The lowest BCUT2D eigenvalue weighted by Crippen LogP contribution is -2.53. The van der Waals surface area contributed by atoms with Crippen molar-refractivity contribution >= 4 is 52.5 Å². The van der Waals surface area contributed by atoms with Crippen LogP contribution in [0.15, 0.2) is 42.5 Å². The number of hydrogen-bond acceptors (Lipinski definition) is 5. The van der Waals surface area contributed by atoms with Gasteiger partial charge in [0.2, 0.25) is 23.6 Å². The lowest BCUT2D eigenvalue weighted by Gasteiger charge is -2.29. The maximum Gasteiger partial charge on any atom is 0.250 e. The number of imide groups is 1. The highest BCUT2D eigenvalue weighted by Crippen LogP contribution is 2.54. The summed E-state index contributed by atoms with van der Waals surface area (Å²) < 4.78 is 0. The van der Waals surface area contributed by atoms with Crippen molar-refractivity contribution in [2.75, 3.05) is 5.32 Å². The van der Waals surface area contributed by atoms with Crippen LogP contribution in [0.1, 0.15) is 17.5 Å². The molecule has 164 valence electrons. The van der Waals surface area contributed by atoms with E-state index in [1.165, 1.54) is 0 Å². The van der Waals surface area contributed by atoms with Crippen LogP contribution in [0.3, 0.4) is 0 Å². The molecule has 8 nitrogen and oxygen atoms in total. The Morgan fingerprint density at radius 3 is 2.47 bits per heavy atom. The van der Waals surface area contributed by atoms with Crippen LogP contribution in [0, 0.1) is 11.8 Å². The van der Waals surface area contributed by atoms with Gasteiger partial charge in [0.1, 0.15) is 5.54 Å². The number of benzene rings is 2. The van der Waals surface area contributed by atoms with Crippen LogP contribution in [-0.4, -0.2) is 34.6 Å². The van der Waals surface area contributed by atoms with Gasteiger partial charge in [-0.05, 0) is 17.7 Å². The quantitative estimate of drug-likeness (QED) is 0.585. The van der Waals surface area contributed by atoms with E-state index >= 15 is 0 Å². The molecule has 10 heteroatoms. The molecule has 4 amide bonds. The largest absolute Gasteiger partial charge is 0.370 e. The van der Waals surface area contributed by atoms with Gasteiger partial charge in [-0.3, -0.25) is 29.4 Å². The number of halogens is 2. The molecule has 2 saturated heterocycles. The Morgan fingerprint density at radius 2 is 1.75 bits per heavy atom. The van der Waals surface area contributed by atoms with Crippen molar-refractivity contribution in [1.82, 2.24) is 10.2 Å². The summed E-state index contributed by atoms with van der Waals surface area (Å²) in [5.74, 6) is -4.12. The molecule has 1 spiro atoms. The number of nitrogens with one attached hydrogen (secondary N) is 2. The Hall–Kier alpha value is -2.94. The van der Waals surface area contributed by atoms with E-state index < -0.39 is 47.0 Å². The fourth-order valence-corrected chi connectivity index (χ4v) is 5.61. The Morgan fingerprint density at radius 1 is 1.03 bits per heavy atom. The van der Waals surface area contributed by atoms with E-state index in [0.717, 1.165) is 4.90 Å². The smallest absolute Gasteiger partial charge is 0.250 e. The molecule has 0 bridgehead atoms. The topological polar surface area (TPSA) is 122 Å². The number of fused-ring (bicyclic) bond motifs is 4. The first-order chi connectivity index (χ1) is 15.3. The number of anilines is 1. The average molecular weight is 473 g/mol. The number of primary amides is 1. The zero-order chi connectivity index (χ0) is 22.8. The number of carbonyl (C=O) groups excluding carboxylic acids is 4. The van der Waals surface area contributed by atoms with Gasteiger partial charge in [0, 0.05) is 23.0 Å². The molecule has 0 aromatic heterocycles. The van der Waals surface area contributed by atoms with Gasteiger partial charge in [0.05, 0.1) is 29.1 Å². The molecule has 3 aliphatic rings. The summed E-state index contributed by atoms with van der Waals surface area (Å²) in [6.07, 6.45) is -0.203. The van der Waals surface area contributed by atoms with Gasteiger partial charge < -0.3 is 11.1 Å². The van der Waals surface area contributed by atoms with Crippen molar-refractivity contribution in [3.05, 3.63) is 63.6 Å². The lowest BCUT2D eigenvalue weighted by atomic mass is 9.76. The summed E-state index contributed by atoms with van der Waals surface area (Å²) in [5, 5.41) is 6.60. The summed E-state index contributed by atoms with van der Waals surface area (Å²) in [6.45, 7) is -0.0340. The molecule has 5 rings (SSSR count). The summed E-state index contributed by atoms with van der Waals surface area (Å²) in [7, 11) is 0. The fourth-order valence-electron chi connectivity index (χ4n) is 5.20. The number of nitrogens with zero attached hydrogens (tertiary/aromatic N) is 1. The minimum Gasteiger partial charge on any atom is -0.370 e. The first-order valence-electron chi connectivity index (χ1n) is 10.0. The van der Waals surface area contributed by atoms with E-state index in [1.807, 2.05) is 0 Å². The van der Waals surface area contributed by atoms with Crippen molar-refractivity contribution in [3.63, 3.8) is 0 Å². The predicted molar refractivity (Wildman–Crippen MR) is 116 cm³/mol. The minimum absolute atomic E-state index is 0.0340. The molecule has 0 aliphatic carbocycles. The third-order valence-electron chi connectivity index (χ3n) is 6.50. The maximum absolute atomic E-state index is 13.6. The number of likely N-dealkylation sites (tertiary alicyclic amines) is 1. The Bertz CT molecular complexity index is 1200. The number of carbonyl (C=O) groups is 4. The zero-order valence-electron chi connectivity index (χ0n) is 16.6. The van der Waals surface area contributed by atoms with Crippen molar-refractivity contribution in [2.45, 2.75) is 24.5 Å². The van der Waals surface area contributed by atoms with E-state index in [4.69, 9.17) is 28.9 Å². The molecule has 2 fully saturated rings. The molecule has 2 unspecified atom stereocenters. The highest BCUT2D eigenvalue weighted by molar-refractivity contribution is 6.35. The van der Waals surface area contributed by atoms with E-state index in [2.05, 4.69) is 10.6 Å². The number of rotatable bonds is 4. The fraction of sp³-hybridized carbons (Fsp3) is 0.273. The van der Waals surface area contributed by atoms with Crippen LogP contribution in [-0.2, 0) is 31.3 Å². The highest BCUT2D eigenvalue weighted by atomic mass is 35.5. The van der Waals surface area contributed by atoms with Crippen LogP contribution in [0.25, 0.3) is 0 Å². The number of hydrogen-bond donors (Lipinski definition) is 3. The van der Waals surface area contributed by atoms with Gasteiger partial charge in [-0.15, -0.1) is 0 Å². The lowest BCUT2D eigenvalue weighted by molar-refractivity contribution is -0.143. The molecule has 2 aromatic rings. The molecule has 3 heterocycles. The number of amides is 4. The Kier molecular flexibility index (Phi) is 4.77. The number of para-hydroxylation sites is 1. The standard InChI is InChI=1S/C22H18Cl2N4O4/c23-12-6-2-1-4-10(12)9-28-19(30)16-14(8-15(25)29)27-22(17(16)20(28)31)11-5-3-7-13(24)18(11)26-21(22)32/h1-7,14,16-17,27H,8-9H2,(H2,25,29)(H,26,32)/t14?,16-,17+,22?/m0/s1. The first-order valence-corrected chi connectivity index (χ1v) is 10.8. The van der Waals surface area contributed by atoms with Gasteiger partial charge in [0.25, 0.3) is 0 Å². The van der Waals surface area contributed by atoms with Crippen LogP contribution in [0.5, 0.6) is 0 Å². The molecule has 4 N–H and O–H groups in total. The van der Waals surface area contributed by atoms with Crippen LogP contribution < -0.4 is 16.4 Å². The monoisotopic (exact) mass is 472 g/mol. The zero-order valence-corrected chi connectivity index (χ0v) is 18.1. The molecule has 0 radical (unpaired) electrons. The molecular formula is C22H18Cl2N4O4. The molecule has 0 saturated carbocycles. The normalized spacial score (nSPS) is 28.2. The van der Waals surface area contributed by atoms with E-state index in [9.17, 15) is 19.2 Å². The van der Waals surface area contributed by atoms with Crippen molar-refractivity contribution in [2.24, 2.45) is 17.6 Å². The first kappa shape index (κ1) is 20.9. The third-order valence-corrected chi connectivity index (χ3v) is 7.18. The SMILES string of the molecule is NC(=O)CC1NC2(C(=O)Nc3c(Cl)cccc32)[C@H]2C(=O)N(Cc3ccccc3Cl)C(=O)[C@@H]12.